The Morgan fingerprint density at radius 3 is 2.90 bits per heavy atom. The van der Waals surface area contributed by atoms with Gasteiger partial charge in [0.15, 0.2) is 12.1 Å². The zero-order valence-electron chi connectivity index (χ0n) is 15.0. The Balaban J connectivity index is 1.43. The van der Waals surface area contributed by atoms with Gasteiger partial charge in [-0.1, -0.05) is 12.1 Å². The summed E-state index contributed by atoms with van der Waals surface area (Å²) in [7, 11) is 0. The van der Waals surface area contributed by atoms with E-state index in [1.165, 1.54) is 12.1 Å². The molecular formula is C19H17F3N4O3. The van der Waals surface area contributed by atoms with Crippen LogP contribution in [0.1, 0.15) is 16.7 Å². The lowest BCUT2D eigenvalue weighted by molar-refractivity contribution is -0.138. The standard InChI is InChI=1S/C19H17F3N4O3/c20-19(21,22)12-2-1-3-13-11(12)8-23-17(26-13)18(28)24-7-10-4-5-15-14(6-10)25-16(27)9-29-15/h1-6,16,25,27H,7-9H2,(H,23,26)(H,24,28). The van der Waals surface area contributed by atoms with Crippen LogP contribution in [-0.4, -0.2) is 29.7 Å². The summed E-state index contributed by atoms with van der Waals surface area (Å²) in [5, 5.41) is 17.8. The largest absolute Gasteiger partial charge is 0.487 e. The molecule has 0 saturated heterocycles. The number of aliphatic imine (C=N–C) groups is 1. The normalized spacial score (nSPS) is 17.7. The van der Waals surface area contributed by atoms with Gasteiger partial charge in [0, 0.05) is 17.8 Å². The number of nitrogens with one attached hydrogen (secondary N) is 3. The maximum absolute atomic E-state index is 13.1. The van der Waals surface area contributed by atoms with Gasteiger partial charge in [-0.05, 0) is 29.8 Å². The van der Waals surface area contributed by atoms with Gasteiger partial charge in [0.2, 0.25) is 0 Å². The molecule has 0 spiro atoms. The van der Waals surface area contributed by atoms with Crippen LogP contribution in [0.4, 0.5) is 24.5 Å². The van der Waals surface area contributed by atoms with Crippen molar-refractivity contribution in [2.45, 2.75) is 25.5 Å². The number of halogens is 3. The van der Waals surface area contributed by atoms with E-state index in [0.717, 1.165) is 11.6 Å². The molecule has 1 unspecified atom stereocenters. The fraction of sp³-hybridized carbons (Fsp3) is 0.263. The van der Waals surface area contributed by atoms with E-state index in [4.69, 9.17) is 4.74 Å². The van der Waals surface area contributed by atoms with Gasteiger partial charge in [-0.25, -0.2) is 0 Å². The molecule has 0 fully saturated rings. The first-order chi connectivity index (χ1) is 13.8. The molecule has 10 heteroatoms. The van der Waals surface area contributed by atoms with Crippen molar-refractivity contribution in [1.82, 2.24) is 5.32 Å². The Hall–Kier alpha value is -3.27. The monoisotopic (exact) mass is 406 g/mol. The first kappa shape index (κ1) is 19.1. The van der Waals surface area contributed by atoms with E-state index in [1.54, 1.807) is 18.2 Å². The quantitative estimate of drug-likeness (QED) is 0.628. The van der Waals surface area contributed by atoms with Crippen molar-refractivity contribution in [3.63, 3.8) is 0 Å². The highest BCUT2D eigenvalue weighted by molar-refractivity contribution is 6.42. The Morgan fingerprint density at radius 2 is 2.10 bits per heavy atom. The molecule has 1 atom stereocenters. The summed E-state index contributed by atoms with van der Waals surface area (Å²) in [6.45, 7) is 0.0743. The summed E-state index contributed by atoms with van der Waals surface area (Å²) >= 11 is 0. The van der Waals surface area contributed by atoms with Gasteiger partial charge >= 0.3 is 6.18 Å². The van der Waals surface area contributed by atoms with Gasteiger partial charge in [-0.2, -0.15) is 13.2 Å². The molecule has 0 bridgehead atoms. The number of hydrogen-bond acceptors (Lipinski definition) is 6. The number of carbonyl (C=O) groups is 1. The van der Waals surface area contributed by atoms with E-state index >= 15 is 0 Å². The number of aliphatic hydroxyl groups is 1. The van der Waals surface area contributed by atoms with Crippen molar-refractivity contribution in [3.8, 4) is 5.75 Å². The number of amidine groups is 1. The lowest BCUT2D eigenvalue weighted by Crippen LogP contribution is -2.37. The minimum Gasteiger partial charge on any atom is -0.487 e. The molecule has 4 N–H and O–H groups in total. The van der Waals surface area contributed by atoms with Gasteiger partial charge in [0.1, 0.15) is 12.4 Å². The Morgan fingerprint density at radius 1 is 1.28 bits per heavy atom. The summed E-state index contributed by atoms with van der Waals surface area (Å²) in [5.74, 6) is 0.0162. The maximum atomic E-state index is 13.1. The summed E-state index contributed by atoms with van der Waals surface area (Å²) in [4.78, 5) is 16.4. The third-order valence-electron chi connectivity index (χ3n) is 4.56. The number of nitrogens with zero attached hydrogens (tertiary/aromatic N) is 1. The molecule has 152 valence electrons. The number of aliphatic hydroxyl groups excluding tert-OH is 1. The number of hydrogen-bond donors (Lipinski definition) is 4. The first-order valence-electron chi connectivity index (χ1n) is 8.80. The fourth-order valence-electron chi connectivity index (χ4n) is 3.18. The number of benzene rings is 2. The van der Waals surface area contributed by atoms with Crippen molar-refractivity contribution in [3.05, 3.63) is 53.1 Å². The van der Waals surface area contributed by atoms with E-state index in [9.17, 15) is 23.1 Å². The minimum absolute atomic E-state index is 0.0101. The highest BCUT2D eigenvalue weighted by atomic mass is 19.4. The van der Waals surface area contributed by atoms with E-state index in [1.807, 2.05) is 0 Å². The Bertz CT molecular complexity index is 991. The van der Waals surface area contributed by atoms with Crippen LogP contribution < -0.4 is 20.7 Å². The predicted octanol–water partition coefficient (Wildman–Crippen LogP) is 2.47. The molecule has 2 aromatic rings. The maximum Gasteiger partial charge on any atom is 0.416 e. The lowest BCUT2D eigenvalue weighted by atomic mass is 10.0. The summed E-state index contributed by atoms with van der Waals surface area (Å²) in [5.41, 5.74) is 0.812. The molecule has 2 aliphatic heterocycles. The summed E-state index contributed by atoms with van der Waals surface area (Å²) in [6.07, 6.45) is -5.30. The summed E-state index contributed by atoms with van der Waals surface area (Å²) < 4.78 is 44.7. The smallest absolute Gasteiger partial charge is 0.416 e. The molecule has 4 rings (SSSR count). The molecule has 0 aliphatic carbocycles. The van der Waals surface area contributed by atoms with Crippen LogP contribution in [0.25, 0.3) is 0 Å². The van der Waals surface area contributed by atoms with Crippen molar-refractivity contribution in [1.29, 1.82) is 0 Å². The average molecular weight is 406 g/mol. The van der Waals surface area contributed by atoms with E-state index in [0.29, 0.717) is 11.4 Å². The number of amides is 1. The Kier molecular flexibility index (Phi) is 4.79. The van der Waals surface area contributed by atoms with Gasteiger partial charge in [-0.15, -0.1) is 0 Å². The third-order valence-corrected chi connectivity index (χ3v) is 4.56. The molecule has 7 nitrogen and oxygen atoms in total. The van der Waals surface area contributed by atoms with Gasteiger partial charge in [-0.3, -0.25) is 9.79 Å². The van der Waals surface area contributed by atoms with Crippen molar-refractivity contribution in [2.24, 2.45) is 4.99 Å². The van der Waals surface area contributed by atoms with E-state index in [-0.39, 0.29) is 36.8 Å². The molecular weight excluding hydrogens is 389 g/mol. The number of anilines is 2. The minimum atomic E-state index is -4.49. The fourth-order valence-corrected chi connectivity index (χ4v) is 3.18. The van der Waals surface area contributed by atoms with Crippen LogP contribution in [0.5, 0.6) is 5.75 Å². The van der Waals surface area contributed by atoms with Gasteiger partial charge < -0.3 is 25.8 Å². The average Bonchev–Trinajstić information content (AvgIpc) is 2.70. The topological polar surface area (TPSA) is 95.0 Å². The van der Waals surface area contributed by atoms with E-state index in [2.05, 4.69) is 20.9 Å². The van der Waals surface area contributed by atoms with Gasteiger partial charge in [0.05, 0.1) is 17.8 Å². The SMILES string of the molecule is O=C(NCc1ccc2c(c1)NC(O)CO2)C1=NCc2c(cccc2C(F)(F)F)N1. The zero-order chi connectivity index (χ0) is 20.6. The molecule has 2 aromatic carbocycles. The van der Waals surface area contributed by atoms with Crippen LogP contribution in [0.15, 0.2) is 41.4 Å². The second-order valence-corrected chi connectivity index (χ2v) is 6.60. The van der Waals surface area contributed by atoms with Crippen LogP contribution in [0.2, 0.25) is 0 Å². The highest BCUT2D eigenvalue weighted by Crippen LogP contribution is 2.36. The molecule has 0 aromatic heterocycles. The third kappa shape index (κ3) is 3.97. The zero-order valence-corrected chi connectivity index (χ0v) is 15.0. The number of rotatable bonds is 3. The molecule has 0 saturated carbocycles. The molecule has 1 amide bonds. The second-order valence-electron chi connectivity index (χ2n) is 6.60. The molecule has 2 heterocycles. The van der Waals surface area contributed by atoms with Crippen LogP contribution in [0.3, 0.4) is 0 Å². The lowest BCUT2D eigenvalue weighted by Gasteiger charge is -2.24. The summed E-state index contributed by atoms with van der Waals surface area (Å²) in [6, 6.07) is 8.98. The van der Waals surface area contributed by atoms with Crippen molar-refractivity contribution < 1.29 is 27.8 Å². The predicted molar refractivity (Wildman–Crippen MR) is 99.6 cm³/mol. The number of ether oxygens (including phenoxy) is 1. The second kappa shape index (κ2) is 7.28. The van der Waals surface area contributed by atoms with Crippen LogP contribution in [0, 0.1) is 0 Å². The highest BCUT2D eigenvalue weighted by Gasteiger charge is 2.35. The number of fused-ring (bicyclic) bond motifs is 2. The Labute approximate surface area is 163 Å². The number of alkyl halides is 3. The molecule has 2 aliphatic rings. The number of carbonyl (C=O) groups excluding carboxylic acids is 1. The molecule has 0 radical (unpaired) electrons. The molecule has 29 heavy (non-hydrogen) atoms. The first-order valence-corrected chi connectivity index (χ1v) is 8.80. The van der Waals surface area contributed by atoms with Crippen molar-refractivity contribution in [2.75, 3.05) is 17.2 Å². The van der Waals surface area contributed by atoms with Crippen molar-refractivity contribution >= 4 is 23.1 Å². The van der Waals surface area contributed by atoms with Crippen LogP contribution >= 0.6 is 0 Å². The van der Waals surface area contributed by atoms with Gasteiger partial charge in [0.25, 0.3) is 5.91 Å². The van der Waals surface area contributed by atoms with E-state index < -0.39 is 23.9 Å². The van der Waals surface area contributed by atoms with Crippen LogP contribution in [-0.2, 0) is 24.1 Å².